The Morgan fingerprint density at radius 3 is 2.65 bits per heavy atom. The first-order chi connectivity index (χ1) is 12.4. The molecule has 0 saturated carbocycles. The van der Waals surface area contributed by atoms with Gasteiger partial charge in [-0.25, -0.2) is 9.37 Å². The first kappa shape index (κ1) is 17.6. The molecule has 0 unspecified atom stereocenters. The third kappa shape index (κ3) is 3.73. The molecule has 10 heteroatoms. The topological polar surface area (TPSA) is 70.3 Å². The van der Waals surface area contributed by atoms with Crippen molar-refractivity contribution in [3.63, 3.8) is 0 Å². The standard InChI is InChI=1S/C16H11F4N3O3/c1-24-14-12(3-2-6-21-14)25-8-9-4-5-10(11(17)7-9)13-22-15(26-23-13)16(18,19)20/h2-7H,8H2,1H3. The van der Waals surface area contributed by atoms with Crippen LogP contribution >= 0.6 is 0 Å². The summed E-state index contributed by atoms with van der Waals surface area (Å²) in [6, 6.07) is 7.12. The number of benzene rings is 1. The second-order valence-electron chi connectivity index (χ2n) is 5.03. The Bertz CT molecular complexity index is 912. The minimum Gasteiger partial charge on any atom is -0.483 e. The Morgan fingerprint density at radius 1 is 1.19 bits per heavy atom. The largest absolute Gasteiger partial charge is 0.483 e. The molecule has 2 heterocycles. The SMILES string of the molecule is COc1ncccc1OCc1ccc(-c2noc(C(F)(F)F)n2)c(F)c1. The fourth-order valence-electron chi connectivity index (χ4n) is 2.08. The lowest BCUT2D eigenvalue weighted by atomic mass is 10.1. The lowest BCUT2D eigenvalue weighted by Crippen LogP contribution is -2.05. The zero-order valence-corrected chi connectivity index (χ0v) is 13.2. The monoisotopic (exact) mass is 369 g/mol. The zero-order chi connectivity index (χ0) is 18.7. The van der Waals surface area contributed by atoms with Gasteiger partial charge in [0.15, 0.2) is 5.75 Å². The Labute approximate surface area is 144 Å². The number of alkyl halides is 3. The van der Waals surface area contributed by atoms with Gasteiger partial charge in [0.1, 0.15) is 12.4 Å². The molecule has 26 heavy (non-hydrogen) atoms. The van der Waals surface area contributed by atoms with Crippen molar-refractivity contribution in [1.82, 2.24) is 15.1 Å². The van der Waals surface area contributed by atoms with E-state index in [-0.39, 0.29) is 18.1 Å². The molecule has 0 fully saturated rings. The number of aromatic nitrogens is 3. The molecule has 1 aromatic carbocycles. The highest BCUT2D eigenvalue weighted by molar-refractivity contribution is 5.55. The molecule has 136 valence electrons. The third-order valence-electron chi connectivity index (χ3n) is 3.27. The zero-order valence-electron chi connectivity index (χ0n) is 13.2. The first-order valence-electron chi connectivity index (χ1n) is 7.20. The number of hydrogen-bond acceptors (Lipinski definition) is 6. The maximum Gasteiger partial charge on any atom is 0.471 e. The number of ether oxygens (including phenoxy) is 2. The van der Waals surface area contributed by atoms with E-state index >= 15 is 0 Å². The fraction of sp³-hybridized carbons (Fsp3) is 0.188. The molecule has 0 spiro atoms. The second-order valence-corrected chi connectivity index (χ2v) is 5.03. The molecule has 6 nitrogen and oxygen atoms in total. The molecule has 0 aliphatic rings. The summed E-state index contributed by atoms with van der Waals surface area (Å²) >= 11 is 0. The average Bonchev–Trinajstić information content (AvgIpc) is 3.10. The molecule has 0 aliphatic carbocycles. The van der Waals surface area contributed by atoms with E-state index in [4.69, 9.17) is 9.47 Å². The van der Waals surface area contributed by atoms with Crippen molar-refractivity contribution in [2.45, 2.75) is 12.8 Å². The van der Waals surface area contributed by atoms with E-state index < -0.39 is 23.7 Å². The van der Waals surface area contributed by atoms with Crippen molar-refractivity contribution in [3.8, 4) is 23.0 Å². The number of hydrogen-bond donors (Lipinski definition) is 0. The van der Waals surface area contributed by atoms with E-state index in [2.05, 4.69) is 19.6 Å². The van der Waals surface area contributed by atoms with Crippen LogP contribution in [0.15, 0.2) is 41.1 Å². The Balaban J connectivity index is 1.76. The van der Waals surface area contributed by atoms with E-state index in [1.54, 1.807) is 12.1 Å². The number of pyridine rings is 1. The van der Waals surface area contributed by atoms with Crippen molar-refractivity contribution in [2.24, 2.45) is 0 Å². The minimum atomic E-state index is -4.79. The van der Waals surface area contributed by atoms with Crippen LogP contribution in [0.3, 0.4) is 0 Å². The van der Waals surface area contributed by atoms with Crippen molar-refractivity contribution in [3.05, 3.63) is 53.8 Å². The normalized spacial score (nSPS) is 11.4. The van der Waals surface area contributed by atoms with Crippen LogP contribution in [0, 0.1) is 5.82 Å². The van der Waals surface area contributed by atoms with Crippen molar-refractivity contribution in [2.75, 3.05) is 7.11 Å². The van der Waals surface area contributed by atoms with Gasteiger partial charge in [-0.3, -0.25) is 0 Å². The van der Waals surface area contributed by atoms with E-state index in [1.807, 2.05) is 0 Å². The van der Waals surface area contributed by atoms with E-state index in [0.717, 1.165) is 6.07 Å². The van der Waals surface area contributed by atoms with E-state index in [1.165, 1.54) is 25.4 Å². The fourth-order valence-corrected chi connectivity index (χ4v) is 2.08. The van der Waals surface area contributed by atoms with Crippen LogP contribution in [0.25, 0.3) is 11.4 Å². The van der Waals surface area contributed by atoms with E-state index in [9.17, 15) is 17.6 Å². The smallest absolute Gasteiger partial charge is 0.471 e. The summed E-state index contributed by atoms with van der Waals surface area (Å²) in [5.74, 6) is -2.19. The second kappa shape index (κ2) is 6.98. The summed E-state index contributed by atoms with van der Waals surface area (Å²) in [5.41, 5.74) is 0.226. The van der Waals surface area contributed by atoms with Gasteiger partial charge < -0.3 is 14.0 Å². The molecular formula is C16H11F4N3O3. The van der Waals surface area contributed by atoms with Crippen LogP contribution in [0.5, 0.6) is 11.6 Å². The molecule has 0 saturated heterocycles. The summed E-state index contributed by atoms with van der Waals surface area (Å²) in [6.45, 7) is -0.000696. The van der Waals surface area contributed by atoms with Gasteiger partial charge in [0.25, 0.3) is 5.88 Å². The molecule has 0 radical (unpaired) electrons. The van der Waals surface area contributed by atoms with Gasteiger partial charge in [-0.05, 0) is 29.8 Å². The summed E-state index contributed by atoms with van der Waals surface area (Å²) in [6.07, 6.45) is -3.27. The lowest BCUT2D eigenvalue weighted by Gasteiger charge is -2.09. The minimum absolute atomic E-state index is 0.000696. The summed E-state index contributed by atoms with van der Waals surface area (Å²) in [4.78, 5) is 7.12. The van der Waals surface area contributed by atoms with Crippen molar-refractivity contribution in [1.29, 1.82) is 0 Å². The first-order valence-corrected chi connectivity index (χ1v) is 7.20. The molecule has 0 amide bonds. The summed E-state index contributed by atoms with van der Waals surface area (Å²) < 4.78 is 66.3. The lowest BCUT2D eigenvalue weighted by molar-refractivity contribution is -0.159. The van der Waals surface area contributed by atoms with Crippen LogP contribution in [-0.4, -0.2) is 22.2 Å². The quantitative estimate of drug-likeness (QED) is 0.636. The van der Waals surface area contributed by atoms with Gasteiger partial charge in [0.05, 0.1) is 12.7 Å². The molecule has 0 aliphatic heterocycles. The highest BCUT2D eigenvalue weighted by Gasteiger charge is 2.38. The Hall–Kier alpha value is -3.17. The van der Waals surface area contributed by atoms with Gasteiger partial charge in [-0.15, -0.1) is 0 Å². The molecule has 2 aromatic heterocycles. The highest BCUT2D eigenvalue weighted by atomic mass is 19.4. The van der Waals surface area contributed by atoms with Gasteiger partial charge in [0, 0.05) is 6.20 Å². The molecule has 0 N–H and O–H groups in total. The molecule has 0 bridgehead atoms. The van der Waals surface area contributed by atoms with Crippen LogP contribution in [-0.2, 0) is 12.8 Å². The predicted octanol–water partition coefficient (Wildman–Crippen LogP) is 3.88. The number of rotatable bonds is 5. The predicted molar refractivity (Wildman–Crippen MR) is 79.8 cm³/mol. The Kier molecular flexibility index (Phi) is 4.74. The average molecular weight is 369 g/mol. The number of halogens is 4. The molecule has 0 atom stereocenters. The molecular weight excluding hydrogens is 358 g/mol. The van der Waals surface area contributed by atoms with Crippen LogP contribution < -0.4 is 9.47 Å². The van der Waals surface area contributed by atoms with E-state index in [0.29, 0.717) is 11.3 Å². The third-order valence-corrected chi connectivity index (χ3v) is 3.27. The summed E-state index contributed by atoms with van der Waals surface area (Å²) in [7, 11) is 1.43. The Morgan fingerprint density at radius 2 is 2.00 bits per heavy atom. The summed E-state index contributed by atoms with van der Waals surface area (Å²) in [5, 5.41) is 3.16. The van der Waals surface area contributed by atoms with Crippen LogP contribution in [0.2, 0.25) is 0 Å². The van der Waals surface area contributed by atoms with Crippen molar-refractivity contribution >= 4 is 0 Å². The maximum absolute atomic E-state index is 14.2. The molecule has 3 rings (SSSR count). The van der Waals surface area contributed by atoms with Gasteiger partial charge in [0.2, 0.25) is 5.82 Å². The maximum atomic E-state index is 14.2. The number of nitrogens with zero attached hydrogens (tertiary/aromatic N) is 3. The van der Waals surface area contributed by atoms with Crippen LogP contribution in [0.1, 0.15) is 11.5 Å². The van der Waals surface area contributed by atoms with Crippen molar-refractivity contribution < 1.29 is 31.6 Å². The number of methoxy groups -OCH3 is 1. The van der Waals surface area contributed by atoms with Crippen LogP contribution in [0.4, 0.5) is 17.6 Å². The van der Waals surface area contributed by atoms with Gasteiger partial charge in [-0.1, -0.05) is 11.2 Å². The van der Waals surface area contributed by atoms with Gasteiger partial charge in [-0.2, -0.15) is 18.2 Å². The van der Waals surface area contributed by atoms with Gasteiger partial charge >= 0.3 is 12.1 Å². The highest BCUT2D eigenvalue weighted by Crippen LogP contribution is 2.30. The molecule has 3 aromatic rings.